The summed E-state index contributed by atoms with van der Waals surface area (Å²) < 4.78 is 0. The van der Waals surface area contributed by atoms with Crippen molar-refractivity contribution in [1.29, 1.82) is 0 Å². The van der Waals surface area contributed by atoms with Gasteiger partial charge in [0.05, 0.1) is 12.2 Å². The van der Waals surface area contributed by atoms with Crippen LogP contribution in [0.15, 0.2) is 0 Å². The zero-order chi connectivity index (χ0) is 4.28. The van der Waals surface area contributed by atoms with Crippen LogP contribution in [-0.4, -0.2) is 15.3 Å². The molecule has 0 unspecified atom stereocenters. The van der Waals surface area contributed by atoms with Crippen molar-refractivity contribution in [2.24, 2.45) is 0 Å². The van der Waals surface area contributed by atoms with E-state index in [0.717, 1.165) is 0 Å². The molecule has 0 aliphatic carbocycles. The molecule has 0 rings (SSSR count). The third kappa shape index (κ3) is 3.40. The Balaban J connectivity index is 3.60. The maximum absolute atomic E-state index is 9.07. The van der Waals surface area contributed by atoms with Crippen molar-refractivity contribution in [2.45, 2.75) is 0 Å². The molecule has 0 radical (unpaired) electrons. The molecule has 0 spiro atoms. The van der Waals surface area contributed by atoms with Crippen LogP contribution in [-0.2, 0) is 0 Å². The Morgan fingerprint density at radius 3 is 2.20 bits per heavy atom. The summed E-state index contributed by atoms with van der Waals surface area (Å²) in [6, 6.07) is 0. The summed E-state index contributed by atoms with van der Waals surface area (Å²) in [7, 11) is 0. The van der Waals surface area contributed by atoms with Gasteiger partial charge < -0.3 is 5.21 Å². The Kier molecular flexibility index (Phi) is 1.49. The molecule has 0 atom stereocenters. The quantitative estimate of drug-likeness (QED) is 0.150. The van der Waals surface area contributed by atoms with E-state index in [1.54, 1.807) is 0 Å². The first kappa shape index (κ1) is 4.40. The minimum absolute atomic E-state index is 0.560. The lowest BCUT2D eigenvalue weighted by molar-refractivity contribution is -0.720. The lowest BCUT2D eigenvalue weighted by Crippen LogP contribution is -1.86. The highest BCUT2D eigenvalue weighted by Gasteiger charge is 1.63. The summed E-state index contributed by atoms with van der Waals surface area (Å²) in [5.74, 6) is 0. The lowest BCUT2D eigenvalue weighted by atomic mass is 11.7. The molecule has 0 aliphatic heterocycles. The first-order valence-corrected chi connectivity index (χ1v) is 1.22. The summed E-state index contributed by atoms with van der Waals surface area (Å²) in [6.45, 7) is 0. The van der Waals surface area contributed by atoms with Crippen LogP contribution < -0.4 is 0 Å². The highest BCUT2D eigenvalue weighted by atomic mass is 32.1. The molecule has 28 valence electrons. The molecule has 0 bridgehead atoms. The van der Waals surface area contributed by atoms with Crippen LogP contribution in [0.4, 0.5) is 0 Å². The van der Waals surface area contributed by atoms with E-state index in [0.29, 0.717) is 0 Å². The van der Waals surface area contributed by atoms with Crippen molar-refractivity contribution < 1.29 is 10.1 Å². The second kappa shape index (κ2) is 1.69. The SMILES string of the molecule is [O-][N+](O)=C=S. The Morgan fingerprint density at radius 2 is 2.20 bits per heavy atom. The van der Waals surface area contributed by atoms with Gasteiger partial charge in [-0.25, -0.2) is 5.21 Å². The fourth-order valence-corrected chi connectivity index (χ4v) is 0. The van der Waals surface area contributed by atoms with Gasteiger partial charge in [-0.1, -0.05) is 0 Å². The molecule has 3 nitrogen and oxygen atoms in total. The minimum atomic E-state index is -0.560. The fourth-order valence-electron chi connectivity index (χ4n) is 0. The van der Waals surface area contributed by atoms with Crippen LogP contribution in [0.1, 0.15) is 0 Å². The van der Waals surface area contributed by atoms with Crippen molar-refractivity contribution in [3.63, 3.8) is 0 Å². The van der Waals surface area contributed by atoms with E-state index in [-0.39, 0.29) is 0 Å². The van der Waals surface area contributed by atoms with Crippen molar-refractivity contribution >= 4 is 17.4 Å². The van der Waals surface area contributed by atoms with Crippen LogP contribution in [0.5, 0.6) is 0 Å². The van der Waals surface area contributed by atoms with E-state index in [9.17, 15) is 0 Å². The summed E-state index contributed by atoms with van der Waals surface area (Å²) in [5, 5.41) is 17.9. The molecule has 0 amide bonds. The Morgan fingerprint density at radius 1 is 2.00 bits per heavy atom. The molecule has 0 aromatic heterocycles. The smallest absolute Gasteiger partial charge is 0.320 e. The minimum Gasteiger partial charge on any atom is -0.408 e. The van der Waals surface area contributed by atoms with Gasteiger partial charge >= 0.3 is 5.16 Å². The van der Waals surface area contributed by atoms with Gasteiger partial charge in [-0.2, -0.15) is 0 Å². The zero-order valence-electron chi connectivity index (χ0n) is 2.21. The standard InChI is InChI=1S/CHNO2S/c3-2(4)1-5/h(H,3,4). The third-order valence-corrected chi connectivity index (χ3v) is 0.234. The van der Waals surface area contributed by atoms with Crippen molar-refractivity contribution in [3.05, 3.63) is 5.21 Å². The van der Waals surface area contributed by atoms with E-state index in [1.165, 1.54) is 5.16 Å². The molecular formula is CHNO2S. The average molecular weight is 91.1 g/mol. The number of isothiocyanates is 1. The second-order valence-corrected chi connectivity index (χ2v) is 0.547. The summed E-state index contributed by atoms with van der Waals surface area (Å²) in [5.41, 5.74) is 0. The number of hydrogen-bond acceptors (Lipinski definition) is 3. The molecule has 1 N–H and O–H groups in total. The number of rotatable bonds is 0. The van der Waals surface area contributed by atoms with Gasteiger partial charge in [-0.15, -0.1) is 0 Å². The second-order valence-electron chi connectivity index (χ2n) is 0.364. The Labute approximate surface area is 33.7 Å². The van der Waals surface area contributed by atoms with E-state index in [2.05, 4.69) is 12.2 Å². The van der Waals surface area contributed by atoms with Crippen LogP contribution in [0.2, 0.25) is 0 Å². The van der Waals surface area contributed by atoms with Crippen LogP contribution in [0.3, 0.4) is 0 Å². The monoisotopic (exact) mass is 91.0 g/mol. The molecule has 5 heavy (non-hydrogen) atoms. The van der Waals surface area contributed by atoms with Crippen LogP contribution >= 0.6 is 12.2 Å². The molecule has 0 saturated carbocycles. The maximum atomic E-state index is 9.07. The van der Waals surface area contributed by atoms with Crippen molar-refractivity contribution in [1.82, 2.24) is 0 Å². The van der Waals surface area contributed by atoms with Gasteiger partial charge in [-0.05, 0) is 0 Å². The largest absolute Gasteiger partial charge is 0.408 e. The van der Waals surface area contributed by atoms with E-state index < -0.39 is 4.90 Å². The Bertz CT molecular complexity index is 69.7. The average Bonchev–Trinajstić information content (AvgIpc) is 1.38. The van der Waals surface area contributed by atoms with Gasteiger partial charge in [0.25, 0.3) is 0 Å². The maximum Gasteiger partial charge on any atom is 0.320 e. The third-order valence-electron chi connectivity index (χ3n) is 0.0781. The lowest BCUT2D eigenvalue weighted by Gasteiger charge is -1.68. The first-order valence-electron chi connectivity index (χ1n) is 0.810. The highest BCUT2D eigenvalue weighted by Crippen LogP contribution is 1.43. The molecule has 0 heterocycles. The number of nitrogens with zero attached hydrogens (tertiary/aromatic N) is 1. The normalized spacial score (nSPS) is 5.60. The van der Waals surface area contributed by atoms with E-state index in [4.69, 9.17) is 10.4 Å². The summed E-state index contributed by atoms with van der Waals surface area (Å²) in [6.07, 6.45) is 0. The fraction of sp³-hybridized carbons (Fsp3) is 0. The predicted octanol–water partition coefficient (Wildman–Crippen LogP) is -0.0113. The first-order chi connectivity index (χ1) is 2.27. The van der Waals surface area contributed by atoms with Gasteiger partial charge in [0.2, 0.25) is 0 Å². The van der Waals surface area contributed by atoms with Gasteiger partial charge in [0.1, 0.15) is 4.90 Å². The molecule has 0 saturated heterocycles. The van der Waals surface area contributed by atoms with E-state index >= 15 is 0 Å². The molecule has 0 aromatic rings. The van der Waals surface area contributed by atoms with Gasteiger partial charge in [0.15, 0.2) is 0 Å². The molecular weight excluding hydrogens is 90.1 g/mol. The van der Waals surface area contributed by atoms with Crippen molar-refractivity contribution in [3.8, 4) is 0 Å². The molecule has 0 fully saturated rings. The van der Waals surface area contributed by atoms with Crippen molar-refractivity contribution in [2.75, 3.05) is 0 Å². The number of thiocarbonyl (C=S) groups is 1. The van der Waals surface area contributed by atoms with Crippen LogP contribution in [0, 0.1) is 5.21 Å². The summed E-state index contributed by atoms with van der Waals surface area (Å²) in [4.78, 5) is -0.560. The molecule has 0 aromatic carbocycles. The number of hydrogen-bond donors (Lipinski definition) is 1. The van der Waals surface area contributed by atoms with Crippen LogP contribution in [0.25, 0.3) is 0 Å². The summed E-state index contributed by atoms with van der Waals surface area (Å²) >= 11 is 3.79. The highest BCUT2D eigenvalue weighted by molar-refractivity contribution is 7.78. The molecule has 4 heteroatoms. The van der Waals surface area contributed by atoms with Gasteiger partial charge in [-0.3, -0.25) is 0 Å². The molecule has 0 aliphatic rings. The Hall–Kier alpha value is -0.600. The predicted molar refractivity (Wildman–Crippen MR) is 18.0 cm³/mol. The topological polar surface area (TPSA) is 46.3 Å². The zero-order valence-corrected chi connectivity index (χ0v) is 3.03. The van der Waals surface area contributed by atoms with E-state index in [1.807, 2.05) is 0 Å². The van der Waals surface area contributed by atoms with Gasteiger partial charge in [0, 0.05) is 0 Å².